The molecule has 0 radical (unpaired) electrons. The molecule has 0 bridgehead atoms. The van der Waals surface area contributed by atoms with Crippen LogP contribution >= 0.6 is 15.9 Å². The lowest BCUT2D eigenvalue weighted by Gasteiger charge is -2.19. The molecule has 0 heterocycles. The lowest BCUT2D eigenvalue weighted by atomic mass is 10.2. The molecule has 1 N–H and O–H groups in total. The van der Waals surface area contributed by atoms with Crippen molar-refractivity contribution in [1.29, 1.82) is 0 Å². The Hall–Kier alpha value is -1.36. The molecule has 1 amide bonds. The van der Waals surface area contributed by atoms with E-state index >= 15 is 0 Å². The number of aldehydes is 1. The Bertz CT molecular complexity index is 435. The Morgan fingerprint density at radius 3 is 2.78 bits per heavy atom. The van der Waals surface area contributed by atoms with Crippen LogP contribution in [0.4, 0.5) is 5.69 Å². The Morgan fingerprint density at radius 2 is 2.22 bits per heavy atom. The molecule has 0 unspecified atom stereocenters. The average molecular weight is 313 g/mol. The summed E-state index contributed by atoms with van der Waals surface area (Å²) < 4.78 is 0.732. The number of amides is 1. The van der Waals surface area contributed by atoms with Crippen molar-refractivity contribution in [2.24, 2.45) is 0 Å². The molecular weight excluding hydrogens is 296 g/mol. The zero-order valence-corrected chi connectivity index (χ0v) is 12.2. The summed E-state index contributed by atoms with van der Waals surface area (Å²) in [6.45, 7) is 3.01. The first kappa shape index (κ1) is 14.7. The first-order chi connectivity index (χ1) is 8.58. The molecule has 0 aromatic heterocycles. The van der Waals surface area contributed by atoms with Crippen LogP contribution in [0.25, 0.3) is 0 Å². The average Bonchev–Trinajstić information content (AvgIpc) is 2.36. The third kappa shape index (κ3) is 4.14. The van der Waals surface area contributed by atoms with Gasteiger partial charge in [0, 0.05) is 29.3 Å². The van der Waals surface area contributed by atoms with E-state index in [0.717, 1.165) is 22.9 Å². The minimum atomic E-state index is -0.00469. The highest BCUT2D eigenvalue weighted by Crippen LogP contribution is 2.22. The summed E-state index contributed by atoms with van der Waals surface area (Å²) in [6, 6.07) is 5.38. The van der Waals surface area contributed by atoms with Crippen LogP contribution in [0, 0.1) is 0 Å². The van der Waals surface area contributed by atoms with Crippen LogP contribution in [-0.4, -0.2) is 32.3 Å². The summed E-state index contributed by atoms with van der Waals surface area (Å²) in [4.78, 5) is 24.1. The minimum absolute atomic E-state index is 0.00469. The Balaban J connectivity index is 2.66. The molecule has 0 fully saturated rings. The summed E-state index contributed by atoms with van der Waals surface area (Å²) in [5.41, 5.74) is 1.49. The normalized spacial score (nSPS) is 9.94. The van der Waals surface area contributed by atoms with Gasteiger partial charge in [-0.2, -0.15) is 0 Å². The Labute approximate surface area is 115 Å². The van der Waals surface area contributed by atoms with Gasteiger partial charge in [0.15, 0.2) is 6.29 Å². The van der Waals surface area contributed by atoms with E-state index in [0.29, 0.717) is 18.7 Å². The smallest absolute Gasteiger partial charge is 0.239 e. The van der Waals surface area contributed by atoms with Crippen molar-refractivity contribution in [3.8, 4) is 0 Å². The van der Waals surface area contributed by atoms with E-state index in [2.05, 4.69) is 21.2 Å². The number of carbonyl (C=O) groups excluding carboxylic acids is 2. The molecule has 1 aromatic rings. The quantitative estimate of drug-likeness (QED) is 0.819. The molecule has 98 valence electrons. The Morgan fingerprint density at radius 1 is 1.50 bits per heavy atom. The molecule has 5 heteroatoms. The Kier molecular flexibility index (Phi) is 5.85. The maximum Gasteiger partial charge on any atom is 0.239 e. The summed E-state index contributed by atoms with van der Waals surface area (Å²) >= 11 is 3.33. The third-order valence-corrected chi connectivity index (χ3v) is 3.19. The third-order valence-electron chi connectivity index (χ3n) is 2.50. The molecule has 1 aromatic carbocycles. The van der Waals surface area contributed by atoms with Gasteiger partial charge >= 0.3 is 0 Å². The van der Waals surface area contributed by atoms with Gasteiger partial charge in [-0.3, -0.25) is 9.59 Å². The van der Waals surface area contributed by atoms with E-state index in [1.165, 1.54) is 0 Å². The number of hydrogen-bond donors (Lipinski definition) is 1. The van der Waals surface area contributed by atoms with E-state index in [-0.39, 0.29) is 5.91 Å². The molecule has 0 aliphatic heterocycles. The van der Waals surface area contributed by atoms with Crippen LogP contribution in [-0.2, 0) is 4.79 Å². The fourth-order valence-corrected chi connectivity index (χ4v) is 1.94. The van der Waals surface area contributed by atoms with Crippen molar-refractivity contribution in [3.05, 3.63) is 28.2 Å². The second-order valence-electron chi connectivity index (χ2n) is 4.03. The van der Waals surface area contributed by atoms with Crippen molar-refractivity contribution in [2.45, 2.75) is 13.3 Å². The molecule has 0 spiro atoms. The fourth-order valence-electron chi connectivity index (χ4n) is 1.48. The number of halogens is 1. The number of carbonyl (C=O) groups is 2. The molecule has 0 saturated heterocycles. The van der Waals surface area contributed by atoms with Gasteiger partial charge in [0.2, 0.25) is 5.91 Å². The van der Waals surface area contributed by atoms with Crippen molar-refractivity contribution >= 4 is 33.8 Å². The van der Waals surface area contributed by atoms with Gasteiger partial charge in [-0.25, -0.2) is 0 Å². The zero-order chi connectivity index (χ0) is 13.5. The molecule has 1 rings (SSSR count). The van der Waals surface area contributed by atoms with Crippen molar-refractivity contribution in [2.75, 3.05) is 25.0 Å². The van der Waals surface area contributed by atoms with Crippen LogP contribution in [0.3, 0.4) is 0 Å². The maximum atomic E-state index is 11.6. The van der Waals surface area contributed by atoms with E-state index in [1.54, 1.807) is 6.07 Å². The number of anilines is 1. The number of hydrogen-bond acceptors (Lipinski definition) is 3. The molecular formula is C13H17BrN2O2. The molecule has 18 heavy (non-hydrogen) atoms. The van der Waals surface area contributed by atoms with Crippen LogP contribution in [0.15, 0.2) is 22.7 Å². The summed E-state index contributed by atoms with van der Waals surface area (Å²) in [7, 11) is 1.84. The van der Waals surface area contributed by atoms with Gasteiger partial charge in [0.25, 0.3) is 0 Å². The van der Waals surface area contributed by atoms with E-state index < -0.39 is 0 Å². The largest absolute Gasteiger partial charge is 0.365 e. The van der Waals surface area contributed by atoms with Gasteiger partial charge in [0.05, 0.1) is 6.54 Å². The highest BCUT2D eigenvalue weighted by atomic mass is 79.9. The predicted molar refractivity (Wildman–Crippen MR) is 76.1 cm³/mol. The molecule has 4 nitrogen and oxygen atoms in total. The van der Waals surface area contributed by atoms with Gasteiger partial charge in [-0.05, 0) is 40.5 Å². The SMILES string of the molecule is CCCNC(=O)CN(C)c1ccc(C=O)c(Br)c1. The van der Waals surface area contributed by atoms with Crippen molar-refractivity contribution < 1.29 is 9.59 Å². The summed E-state index contributed by atoms with van der Waals surface area (Å²) in [6.07, 6.45) is 1.72. The first-order valence-electron chi connectivity index (χ1n) is 5.81. The summed E-state index contributed by atoms with van der Waals surface area (Å²) in [5.74, 6) is -0.00469. The highest BCUT2D eigenvalue weighted by molar-refractivity contribution is 9.10. The van der Waals surface area contributed by atoms with Crippen molar-refractivity contribution in [3.63, 3.8) is 0 Å². The van der Waals surface area contributed by atoms with Crippen LogP contribution in [0.5, 0.6) is 0 Å². The topological polar surface area (TPSA) is 49.4 Å². The monoisotopic (exact) mass is 312 g/mol. The predicted octanol–water partition coefficient (Wildman–Crippen LogP) is 2.22. The maximum absolute atomic E-state index is 11.6. The lowest BCUT2D eigenvalue weighted by Crippen LogP contribution is -2.35. The number of likely N-dealkylation sites (N-methyl/N-ethyl adjacent to an activating group) is 1. The van der Waals surface area contributed by atoms with Gasteiger partial charge < -0.3 is 10.2 Å². The highest BCUT2D eigenvalue weighted by Gasteiger charge is 2.08. The molecule has 0 aliphatic carbocycles. The summed E-state index contributed by atoms with van der Waals surface area (Å²) in [5, 5.41) is 2.82. The standard InChI is InChI=1S/C13H17BrN2O2/c1-3-6-15-13(18)8-16(2)11-5-4-10(9-17)12(14)7-11/h4-5,7,9H,3,6,8H2,1-2H3,(H,15,18). The van der Waals surface area contributed by atoms with Gasteiger partial charge in [-0.15, -0.1) is 0 Å². The number of nitrogens with zero attached hydrogens (tertiary/aromatic N) is 1. The number of benzene rings is 1. The lowest BCUT2D eigenvalue weighted by molar-refractivity contribution is -0.119. The van der Waals surface area contributed by atoms with Gasteiger partial charge in [-0.1, -0.05) is 6.92 Å². The van der Waals surface area contributed by atoms with Crippen LogP contribution < -0.4 is 10.2 Å². The van der Waals surface area contributed by atoms with E-state index in [4.69, 9.17) is 0 Å². The van der Waals surface area contributed by atoms with E-state index in [9.17, 15) is 9.59 Å². The second-order valence-corrected chi connectivity index (χ2v) is 4.88. The number of nitrogens with one attached hydrogen (secondary N) is 1. The van der Waals surface area contributed by atoms with E-state index in [1.807, 2.05) is 31.0 Å². The molecule has 0 aliphatic rings. The zero-order valence-electron chi connectivity index (χ0n) is 10.6. The second kappa shape index (κ2) is 7.16. The molecule has 0 saturated carbocycles. The minimum Gasteiger partial charge on any atom is -0.365 e. The fraction of sp³-hybridized carbons (Fsp3) is 0.385. The first-order valence-corrected chi connectivity index (χ1v) is 6.60. The van der Waals surface area contributed by atoms with Crippen LogP contribution in [0.1, 0.15) is 23.7 Å². The van der Waals surface area contributed by atoms with Gasteiger partial charge in [0.1, 0.15) is 0 Å². The molecule has 0 atom stereocenters. The van der Waals surface area contributed by atoms with Crippen molar-refractivity contribution in [1.82, 2.24) is 5.32 Å². The number of rotatable bonds is 6. The van der Waals surface area contributed by atoms with Crippen LogP contribution in [0.2, 0.25) is 0 Å².